The van der Waals surface area contributed by atoms with E-state index in [0.29, 0.717) is 93.6 Å². The summed E-state index contributed by atoms with van der Waals surface area (Å²) < 4.78 is 24.2. The number of benzene rings is 4. The number of ether oxygens (including phenoxy) is 4. The second-order valence-corrected chi connectivity index (χ2v) is 24.6. The van der Waals surface area contributed by atoms with Gasteiger partial charge in [-0.1, -0.05) is 109 Å². The number of Topliss-reactive ketones (excluding diaryl/α,β-unsaturated/α-hetero) is 2. The minimum absolute atomic E-state index is 0.103. The zero-order chi connectivity index (χ0) is 54.4. The fraction of sp³-hybridized carbons (Fsp3) is 0.567. The van der Waals surface area contributed by atoms with Crippen molar-refractivity contribution in [3.05, 3.63) is 72.8 Å². The summed E-state index contributed by atoms with van der Waals surface area (Å²) in [5.74, 6) is -0.304. The molecule has 0 radical (unpaired) electrons. The van der Waals surface area contributed by atoms with Crippen molar-refractivity contribution in [1.29, 1.82) is 0 Å². The van der Waals surface area contributed by atoms with E-state index in [2.05, 4.69) is 74.8 Å². The Labute approximate surface area is 443 Å². The van der Waals surface area contributed by atoms with Crippen molar-refractivity contribution in [3.63, 3.8) is 0 Å². The van der Waals surface area contributed by atoms with Gasteiger partial charge in [-0.2, -0.15) is 0 Å². The highest BCUT2D eigenvalue weighted by Gasteiger charge is 2.32. The van der Waals surface area contributed by atoms with Crippen molar-refractivity contribution in [1.82, 2.24) is 10.6 Å². The average Bonchev–Trinajstić information content (AvgIpc) is 3.32. The third-order valence-corrected chi connectivity index (χ3v) is 13.4. The molecule has 4 aromatic carbocycles. The van der Waals surface area contributed by atoms with Gasteiger partial charge < -0.3 is 35.3 Å². The summed E-state index contributed by atoms with van der Waals surface area (Å²) in [5, 5.41) is 9.76. The summed E-state index contributed by atoms with van der Waals surface area (Å²) in [6, 6.07) is 23.2. The number of hydrogen-bond donors (Lipinski definition) is 3. The zero-order valence-electron chi connectivity index (χ0n) is 46.4. The Bertz CT molecular complexity index is 2480. The molecule has 0 spiro atoms. The maximum absolute atomic E-state index is 14.6. The fourth-order valence-corrected chi connectivity index (χ4v) is 9.48. The van der Waals surface area contributed by atoms with E-state index in [0.717, 1.165) is 39.1 Å². The lowest BCUT2D eigenvalue weighted by Crippen LogP contribution is -2.45. The molecule has 0 bridgehead atoms. The Kier molecular flexibility index (Phi) is 25.3. The lowest BCUT2D eigenvalue weighted by molar-refractivity contribution is -0.151. The third-order valence-electron chi connectivity index (χ3n) is 12.5. The van der Waals surface area contributed by atoms with E-state index >= 15 is 0 Å². The summed E-state index contributed by atoms with van der Waals surface area (Å²) >= 11 is 0. The molecule has 3 atom stereocenters. The topological polar surface area (TPSA) is 185 Å². The van der Waals surface area contributed by atoms with Gasteiger partial charge in [0.05, 0.1) is 31.0 Å². The molecule has 0 aliphatic carbocycles. The molecular formula is C60H87N4O9P. The first-order valence-corrected chi connectivity index (χ1v) is 29.2. The third kappa shape index (κ3) is 21.4. The van der Waals surface area contributed by atoms with Crippen LogP contribution in [0.2, 0.25) is 0 Å². The van der Waals surface area contributed by atoms with Crippen molar-refractivity contribution >= 4 is 64.8 Å². The standard InChI is InChI=1S/C60H87N4O9P/c1-40(2)29-33-70-52-27-25-43-19-12-14-22-48(43)55(52)56-49-23-15-13-20-44(49)26-28-53(56)72-38-47(65)36-45(21-16-17-31-63-59(69)73-60(7,8)9)57(67)64-50(24-18-32-62-54(61)39-74(10)11)51(66)37-46(35-42(5)6)58(68)71-34-30-41(3)4/h12-15,19-20,22-23,25-28,40-42,45-46,50H,16-18,21,24,29-39H2,1-11H3,(H2,61,62)(H,63,69)(H,64,67)/t45-,46+,50+/m0/s1. The molecule has 4 rings (SSSR count). The molecule has 0 saturated heterocycles. The van der Waals surface area contributed by atoms with Crippen LogP contribution < -0.4 is 25.8 Å². The van der Waals surface area contributed by atoms with Crippen LogP contribution in [0, 0.1) is 29.6 Å². The first kappa shape index (κ1) is 61.0. The van der Waals surface area contributed by atoms with Crippen LogP contribution in [-0.4, -0.2) is 99.4 Å². The molecule has 14 heteroatoms. The van der Waals surface area contributed by atoms with E-state index in [-0.39, 0.29) is 57.9 Å². The fourth-order valence-electron chi connectivity index (χ4n) is 8.73. The first-order valence-electron chi connectivity index (χ1n) is 26.8. The molecule has 406 valence electrons. The zero-order valence-corrected chi connectivity index (χ0v) is 47.2. The van der Waals surface area contributed by atoms with E-state index in [1.54, 1.807) is 20.8 Å². The number of alkyl carbamates (subject to hydrolysis) is 1. The van der Waals surface area contributed by atoms with Crippen molar-refractivity contribution in [2.24, 2.45) is 40.3 Å². The molecule has 0 aliphatic heterocycles. The summed E-state index contributed by atoms with van der Waals surface area (Å²) in [5.41, 5.74) is 7.22. The number of esters is 1. The number of nitrogens with one attached hydrogen (secondary N) is 2. The van der Waals surface area contributed by atoms with Crippen LogP contribution in [0.15, 0.2) is 77.8 Å². The maximum Gasteiger partial charge on any atom is 0.407 e. The van der Waals surface area contributed by atoms with Crippen molar-refractivity contribution in [3.8, 4) is 22.6 Å². The van der Waals surface area contributed by atoms with Crippen LogP contribution in [0.1, 0.15) is 127 Å². The Morgan fingerprint density at radius 1 is 0.676 bits per heavy atom. The number of aliphatic imine (C=N–C) groups is 1. The predicted octanol–water partition coefficient (Wildman–Crippen LogP) is 12.3. The first-order chi connectivity index (χ1) is 35.1. The molecule has 74 heavy (non-hydrogen) atoms. The monoisotopic (exact) mass is 1040 g/mol. The van der Waals surface area contributed by atoms with Gasteiger partial charge in [-0.05, 0) is 130 Å². The molecule has 2 amide bonds. The van der Waals surface area contributed by atoms with Crippen molar-refractivity contribution in [2.75, 3.05) is 52.4 Å². The highest BCUT2D eigenvalue weighted by molar-refractivity contribution is 7.57. The van der Waals surface area contributed by atoms with Gasteiger partial charge in [0.1, 0.15) is 23.7 Å². The molecule has 0 aliphatic rings. The highest BCUT2D eigenvalue weighted by atomic mass is 31.1. The van der Waals surface area contributed by atoms with Crippen molar-refractivity contribution < 1.29 is 42.9 Å². The largest absolute Gasteiger partial charge is 0.493 e. The molecule has 0 fully saturated rings. The average molecular weight is 1040 g/mol. The minimum Gasteiger partial charge on any atom is -0.493 e. The Morgan fingerprint density at radius 2 is 1.27 bits per heavy atom. The normalized spacial score (nSPS) is 13.3. The van der Waals surface area contributed by atoms with E-state index in [1.807, 2.05) is 68.4 Å². The van der Waals surface area contributed by atoms with E-state index in [9.17, 15) is 24.0 Å². The summed E-state index contributed by atoms with van der Waals surface area (Å²) in [6.45, 7) is 23.2. The minimum atomic E-state index is -0.952. The van der Waals surface area contributed by atoms with Gasteiger partial charge in [0.15, 0.2) is 11.6 Å². The van der Waals surface area contributed by atoms with Gasteiger partial charge in [-0.3, -0.25) is 24.2 Å². The Balaban J connectivity index is 1.65. The number of unbranched alkanes of at least 4 members (excludes halogenated alkanes) is 1. The number of carbonyl (C=O) groups is 5. The highest BCUT2D eigenvalue weighted by Crippen LogP contribution is 2.45. The number of amidine groups is 1. The SMILES string of the molecule is CC(C)CCOC(=O)[C@@H](CC(=O)[C@@H](CCCN=C(N)CP(C)C)NC(=O)[C@@H](CCCCNC(=O)OC(C)(C)C)CC(=O)COc1ccc2ccccc2c1-c1c(OCCC(C)C)ccc2ccccc12)CC(C)C. The van der Waals surface area contributed by atoms with Gasteiger partial charge in [-0.15, -0.1) is 7.92 Å². The van der Waals surface area contributed by atoms with Crippen LogP contribution in [0.25, 0.3) is 32.7 Å². The Hall–Kier alpha value is -5.55. The summed E-state index contributed by atoms with van der Waals surface area (Å²) in [4.78, 5) is 73.8. The second kappa shape index (κ2) is 30.7. The molecule has 0 saturated carbocycles. The molecule has 4 aromatic rings. The number of amides is 2. The number of rotatable bonds is 32. The van der Waals surface area contributed by atoms with Crippen LogP contribution in [0.3, 0.4) is 0 Å². The van der Waals surface area contributed by atoms with Crippen molar-refractivity contribution in [2.45, 2.75) is 138 Å². The number of hydrogen-bond acceptors (Lipinski definition) is 10. The molecule has 0 unspecified atom stereocenters. The summed E-state index contributed by atoms with van der Waals surface area (Å²) in [6.07, 6.45) is 3.93. The Morgan fingerprint density at radius 3 is 1.85 bits per heavy atom. The second-order valence-electron chi connectivity index (χ2n) is 22.2. The van der Waals surface area contributed by atoms with E-state index in [1.165, 1.54) is 0 Å². The predicted molar refractivity (Wildman–Crippen MR) is 303 cm³/mol. The molecule has 0 heterocycles. The lowest BCUT2D eigenvalue weighted by atomic mass is 9.89. The number of ketones is 2. The van der Waals surface area contributed by atoms with Crippen LogP contribution in [0.5, 0.6) is 11.5 Å². The number of nitrogens with two attached hydrogens (primary N) is 1. The lowest BCUT2D eigenvalue weighted by Gasteiger charge is -2.24. The van der Waals surface area contributed by atoms with Crippen LogP contribution >= 0.6 is 7.92 Å². The van der Waals surface area contributed by atoms with Gasteiger partial charge in [0.2, 0.25) is 5.91 Å². The number of nitrogens with zero attached hydrogens (tertiary/aromatic N) is 1. The molecule has 4 N–H and O–H groups in total. The quantitative estimate of drug-likeness (QED) is 0.0140. The van der Waals surface area contributed by atoms with Gasteiger partial charge >= 0.3 is 12.1 Å². The van der Waals surface area contributed by atoms with E-state index < -0.39 is 41.4 Å². The smallest absolute Gasteiger partial charge is 0.407 e. The van der Waals surface area contributed by atoms with Gasteiger partial charge in [0.25, 0.3) is 0 Å². The number of carbonyl (C=O) groups excluding carboxylic acids is 5. The molecular weight excluding hydrogens is 952 g/mol. The summed E-state index contributed by atoms with van der Waals surface area (Å²) in [7, 11) is -0.287. The van der Waals surface area contributed by atoms with Gasteiger partial charge in [0, 0.05) is 49.1 Å². The maximum atomic E-state index is 14.6. The number of fused-ring (bicyclic) bond motifs is 2. The van der Waals surface area contributed by atoms with E-state index in [4.69, 9.17) is 24.7 Å². The van der Waals surface area contributed by atoms with Gasteiger partial charge in [-0.25, -0.2) is 4.79 Å². The molecule has 13 nitrogen and oxygen atoms in total. The van der Waals surface area contributed by atoms with Crippen LogP contribution in [0.4, 0.5) is 4.79 Å². The molecule has 0 aromatic heterocycles. The van der Waals surface area contributed by atoms with Crippen LogP contribution in [-0.2, 0) is 28.7 Å².